The second-order valence-electron chi connectivity index (χ2n) is 5.70. The van der Waals surface area contributed by atoms with Crippen molar-refractivity contribution in [2.45, 2.75) is 19.4 Å². The molecule has 0 amide bonds. The molecular weight excluding hydrogens is 284 g/mol. The predicted octanol–water partition coefficient (Wildman–Crippen LogP) is 2.35. The summed E-state index contributed by atoms with van der Waals surface area (Å²) < 4.78 is 0. The van der Waals surface area contributed by atoms with Crippen molar-refractivity contribution in [1.82, 2.24) is 15.5 Å². The SMILES string of the molecule is CN=C(NCc1ccc(Cl)cc1)NCC1CCCN(C)C1. The summed E-state index contributed by atoms with van der Waals surface area (Å²) in [6.07, 6.45) is 2.59. The molecule has 1 aromatic rings. The minimum absolute atomic E-state index is 0.706. The fraction of sp³-hybridized carbons (Fsp3) is 0.562. The second-order valence-corrected chi connectivity index (χ2v) is 6.14. The van der Waals surface area contributed by atoms with Crippen LogP contribution in [0.25, 0.3) is 0 Å². The lowest BCUT2D eigenvalue weighted by Gasteiger charge is -2.30. The number of piperidine rings is 1. The first kappa shape index (κ1) is 16.1. The molecule has 4 nitrogen and oxygen atoms in total. The van der Waals surface area contributed by atoms with Crippen molar-refractivity contribution >= 4 is 17.6 Å². The van der Waals surface area contributed by atoms with Gasteiger partial charge in [0.05, 0.1) is 0 Å². The van der Waals surface area contributed by atoms with Crippen molar-refractivity contribution in [2.75, 3.05) is 33.7 Å². The van der Waals surface area contributed by atoms with Crippen molar-refractivity contribution in [2.24, 2.45) is 10.9 Å². The number of nitrogens with zero attached hydrogens (tertiary/aromatic N) is 2. The van der Waals surface area contributed by atoms with E-state index in [4.69, 9.17) is 11.6 Å². The Labute approximate surface area is 132 Å². The van der Waals surface area contributed by atoms with E-state index in [9.17, 15) is 0 Å². The highest BCUT2D eigenvalue weighted by Gasteiger charge is 2.17. The van der Waals surface area contributed by atoms with Gasteiger partial charge < -0.3 is 15.5 Å². The van der Waals surface area contributed by atoms with Crippen LogP contribution in [-0.2, 0) is 6.54 Å². The van der Waals surface area contributed by atoms with Crippen molar-refractivity contribution in [3.63, 3.8) is 0 Å². The van der Waals surface area contributed by atoms with E-state index in [1.807, 2.05) is 31.3 Å². The zero-order chi connectivity index (χ0) is 15.1. The molecule has 0 aliphatic carbocycles. The van der Waals surface area contributed by atoms with Gasteiger partial charge in [-0.05, 0) is 50.0 Å². The molecule has 2 rings (SSSR count). The lowest BCUT2D eigenvalue weighted by Crippen LogP contribution is -2.43. The van der Waals surface area contributed by atoms with E-state index in [2.05, 4.69) is 27.6 Å². The maximum atomic E-state index is 5.89. The summed E-state index contributed by atoms with van der Waals surface area (Å²) in [4.78, 5) is 6.68. The highest BCUT2D eigenvalue weighted by molar-refractivity contribution is 6.30. The summed E-state index contributed by atoms with van der Waals surface area (Å²) in [7, 11) is 4.00. The molecule has 1 aromatic carbocycles. The lowest BCUT2D eigenvalue weighted by molar-refractivity contribution is 0.210. The summed E-state index contributed by atoms with van der Waals surface area (Å²) in [6.45, 7) is 4.12. The first-order chi connectivity index (χ1) is 10.2. The Morgan fingerprint density at radius 3 is 2.76 bits per heavy atom. The van der Waals surface area contributed by atoms with Gasteiger partial charge in [-0.25, -0.2) is 0 Å². The van der Waals surface area contributed by atoms with Crippen molar-refractivity contribution in [3.8, 4) is 0 Å². The number of hydrogen-bond donors (Lipinski definition) is 2. The molecule has 1 unspecified atom stereocenters. The number of hydrogen-bond acceptors (Lipinski definition) is 2. The molecule has 0 saturated carbocycles. The lowest BCUT2D eigenvalue weighted by atomic mass is 9.99. The summed E-state index contributed by atoms with van der Waals surface area (Å²) in [5, 5.41) is 7.53. The molecule has 1 heterocycles. The third-order valence-electron chi connectivity index (χ3n) is 3.88. The molecule has 1 fully saturated rings. The number of guanidine groups is 1. The molecule has 5 heteroatoms. The predicted molar refractivity (Wildman–Crippen MR) is 89.9 cm³/mol. The van der Waals surface area contributed by atoms with Crippen LogP contribution in [0, 0.1) is 5.92 Å². The van der Waals surface area contributed by atoms with Crippen LogP contribution < -0.4 is 10.6 Å². The van der Waals surface area contributed by atoms with Gasteiger partial charge in [-0.1, -0.05) is 23.7 Å². The Balaban J connectivity index is 1.74. The van der Waals surface area contributed by atoms with Crippen LogP contribution in [-0.4, -0.2) is 44.6 Å². The molecule has 2 N–H and O–H groups in total. The number of aliphatic imine (C=N–C) groups is 1. The summed E-state index contributed by atoms with van der Waals surface area (Å²) in [5.74, 6) is 1.57. The molecule has 0 aromatic heterocycles. The van der Waals surface area contributed by atoms with Crippen LogP contribution in [0.1, 0.15) is 18.4 Å². The molecule has 0 spiro atoms. The number of benzene rings is 1. The van der Waals surface area contributed by atoms with Gasteiger partial charge in [-0.3, -0.25) is 4.99 Å². The molecular formula is C16H25ClN4. The highest BCUT2D eigenvalue weighted by atomic mass is 35.5. The zero-order valence-corrected chi connectivity index (χ0v) is 13.7. The molecule has 1 saturated heterocycles. The van der Waals surface area contributed by atoms with Crippen molar-refractivity contribution in [3.05, 3.63) is 34.9 Å². The minimum atomic E-state index is 0.706. The third-order valence-corrected chi connectivity index (χ3v) is 4.13. The monoisotopic (exact) mass is 308 g/mol. The smallest absolute Gasteiger partial charge is 0.191 e. The van der Waals surface area contributed by atoms with Crippen LogP contribution in [0.4, 0.5) is 0 Å². The standard InChI is InChI=1S/C16H25ClN4/c1-18-16(19-10-13-5-7-15(17)8-6-13)20-11-14-4-3-9-21(2)12-14/h5-8,14H,3-4,9-12H2,1-2H3,(H2,18,19,20). The summed E-state index contributed by atoms with van der Waals surface area (Å²) in [5.41, 5.74) is 1.19. The third kappa shape index (κ3) is 5.56. The molecule has 0 radical (unpaired) electrons. The van der Waals surface area contributed by atoms with Crippen LogP contribution >= 0.6 is 11.6 Å². The largest absolute Gasteiger partial charge is 0.356 e. The molecule has 21 heavy (non-hydrogen) atoms. The Bertz CT molecular complexity index is 458. The highest BCUT2D eigenvalue weighted by Crippen LogP contribution is 2.13. The van der Waals surface area contributed by atoms with Gasteiger partial charge >= 0.3 is 0 Å². The topological polar surface area (TPSA) is 39.7 Å². The van der Waals surface area contributed by atoms with E-state index in [1.54, 1.807) is 0 Å². The van der Waals surface area contributed by atoms with Crippen LogP contribution in [0.5, 0.6) is 0 Å². The van der Waals surface area contributed by atoms with Gasteiger partial charge in [-0.15, -0.1) is 0 Å². The van der Waals surface area contributed by atoms with Crippen LogP contribution in [0.15, 0.2) is 29.3 Å². The number of halogens is 1. The molecule has 1 aliphatic rings. The zero-order valence-electron chi connectivity index (χ0n) is 12.9. The quantitative estimate of drug-likeness (QED) is 0.662. The maximum absolute atomic E-state index is 5.89. The summed E-state index contributed by atoms with van der Waals surface area (Å²) in [6, 6.07) is 7.87. The van der Waals surface area contributed by atoms with E-state index >= 15 is 0 Å². The average molecular weight is 309 g/mol. The van der Waals surface area contributed by atoms with E-state index in [0.29, 0.717) is 5.92 Å². The normalized spacial score (nSPS) is 20.3. The molecule has 0 bridgehead atoms. The van der Waals surface area contributed by atoms with Crippen LogP contribution in [0.3, 0.4) is 0 Å². The first-order valence-corrected chi connectivity index (χ1v) is 7.92. The van der Waals surface area contributed by atoms with Gasteiger partial charge in [0.25, 0.3) is 0 Å². The second kappa shape index (κ2) is 8.25. The van der Waals surface area contributed by atoms with E-state index in [0.717, 1.165) is 24.1 Å². The van der Waals surface area contributed by atoms with Gasteiger partial charge in [0.15, 0.2) is 5.96 Å². The molecule has 1 aliphatic heterocycles. The molecule has 1 atom stereocenters. The van der Waals surface area contributed by atoms with E-state index in [-0.39, 0.29) is 0 Å². The summed E-state index contributed by atoms with van der Waals surface area (Å²) >= 11 is 5.89. The van der Waals surface area contributed by atoms with Gasteiger partial charge in [-0.2, -0.15) is 0 Å². The van der Waals surface area contributed by atoms with Crippen molar-refractivity contribution in [1.29, 1.82) is 0 Å². The van der Waals surface area contributed by atoms with Crippen molar-refractivity contribution < 1.29 is 0 Å². The van der Waals surface area contributed by atoms with E-state index in [1.165, 1.54) is 31.5 Å². The Hall–Kier alpha value is -1.26. The Morgan fingerprint density at radius 1 is 1.33 bits per heavy atom. The fourth-order valence-electron chi connectivity index (χ4n) is 2.69. The number of nitrogens with one attached hydrogen (secondary N) is 2. The maximum Gasteiger partial charge on any atom is 0.191 e. The Morgan fingerprint density at radius 2 is 2.10 bits per heavy atom. The minimum Gasteiger partial charge on any atom is -0.356 e. The van der Waals surface area contributed by atoms with E-state index < -0.39 is 0 Å². The number of rotatable bonds is 4. The van der Waals surface area contributed by atoms with Crippen LogP contribution in [0.2, 0.25) is 5.02 Å². The Kier molecular flexibility index (Phi) is 6.33. The van der Waals surface area contributed by atoms with Gasteiger partial charge in [0, 0.05) is 31.7 Å². The van der Waals surface area contributed by atoms with Gasteiger partial charge in [0.1, 0.15) is 0 Å². The molecule has 116 valence electrons. The average Bonchev–Trinajstić information content (AvgIpc) is 2.49. The fourth-order valence-corrected chi connectivity index (χ4v) is 2.82. The number of likely N-dealkylation sites (tertiary alicyclic amines) is 1. The first-order valence-electron chi connectivity index (χ1n) is 7.55. The van der Waals surface area contributed by atoms with Gasteiger partial charge in [0.2, 0.25) is 0 Å².